The lowest BCUT2D eigenvalue weighted by Crippen LogP contribution is -2.36. The highest BCUT2D eigenvalue weighted by molar-refractivity contribution is 5.69. The van der Waals surface area contributed by atoms with Crippen molar-refractivity contribution in [3.63, 3.8) is 0 Å². The van der Waals surface area contributed by atoms with Crippen LogP contribution in [0.2, 0.25) is 0 Å². The Morgan fingerprint density at radius 2 is 1.75 bits per heavy atom. The van der Waals surface area contributed by atoms with Gasteiger partial charge in [0.1, 0.15) is 11.3 Å². The Morgan fingerprint density at radius 1 is 1.10 bits per heavy atom. The van der Waals surface area contributed by atoms with Crippen LogP contribution in [0.3, 0.4) is 0 Å². The molecule has 1 aliphatic heterocycles. The van der Waals surface area contributed by atoms with E-state index in [1.165, 1.54) is 11.6 Å². The van der Waals surface area contributed by atoms with E-state index >= 15 is 0 Å². The van der Waals surface area contributed by atoms with E-state index in [-0.39, 0.29) is 11.2 Å². The third kappa shape index (κ3) is 1.89. The Labute approximate surface area is 115 Å². The van der Waals surface area contributed by atoms with Gasteiger partial charge in [0.2, 0.25) is 0 Å². The molecule has 1 fully saturated rings. The van der Waals surface area contributed by atoms with Crippen LogP contribution in [0.4, 0.5) is 0 Å². The van der Waals surface area contributed by atoms with Gasteiger partial charge in [0.05, 0.1) is 0 Å². The zero-order valence-electron chi connectivity index (χ0n) is 12.0. The van der Waals surface area contributed by atoms with Crippen molar-refractivity contribution in [1.82, 2.24) is 24.0 Å². The van der Waals surface area contributed by atoms with E-state index in [1.807, 2.05) is 0 Å². The summed E-state index contributed by atoms with van der Waals surface area (Å²) >= 11 is 0. The maximum atomic E-state index is 12.1. The number of hydrogen-bond donors (Lipinski definition) is 1. The number of hydrogen-bond acceptors (Lipinski definition) is 4. The van der Waals surface area contributed by atoms with Crippen LogP contribution in [-0.4, -0.2) is 44.1 Å². The standard InChI is InChI=1S/C13H19N5O2/c1-16-6-4-8(5-7-16)10-14-9-11(15-10)17(2)13(20)18(3)12(9)19/h8H,4-7H2,1-3H3,(H,14,15). The lowest BCUT2D eigenvalue weighted by molar-refractivity contribution is 0.252. The van der Waals surface area contributed by atoms with Crippen molar-refractivity contribution in [2.75, 3.05) is 20.1 Å². The average Bonchev–Trinajstić information content (AvgIpc) is 2.89. The summed E-state index contributed by atoms with van der Waals surface area (Å²) in [5.41, 5.74) is 0.217. The molecule has 108 valence electrons. The molecule has 1 N–H and O–H groups in total. The first-order valence-corrected chi connectivity index (χ1v) is 6.83. The molecular weight excluding hydrogens is 258 g/mol. The molecule has 0 aromatic carbocycles. The Balaban J connectivity index is 2.12. The number of aryl methyl sites for hydroxylation is 1. The molecule has 1 saturated heterocycles. The molecule has 2 aromatic heterocycles. The molecule has 0 atom stereocenters. The van der Waals surface area contributed by atoms with Crippen molar-refractivity contribution < 1.29 is 0 Å². The van der Waals surface area contributed by atoms with Gasteiger partial charge in [-0.25, -0.2) is 9.78 Å². The van der Waals surface area contributed by atoms with Crippen LogP contribution in [0.1, 0.15) is 24.6 Å². The van der Waals surface area contributed by atoms with Gasteiger partial charge in [0.25, 0.3) is 5.56 Å². The van der Waals surface area contributed by atoms with Crippen LogP contribution in [0.15, 0.2) is 9.59 Å². The molecule has 0 bridgehead atoms. The molecule has 20 heavy (non-hydrogen) atoms. The predicted molar refractivity (Wildman–Crippen MR) is 76.0 cm³/mol. The summed E-state index contributed by atoms with van der Waals surface area (Å²) in [7, 11) is 5.23. The van der Waals surface area contributed by atoms with Gasteiger partial charge in [-0.05, 0) is 33.0 Å². The topological polar surface area (TPSA) is 75.9 Å². The molecule has 0 unspecified atom stereocenters. The molecule has 0 aliphatic carbocycles. The molecule has 7 heteroatoms. The third-order valence-electron chi connectivity index (χ3n) is 4.22. The number of H-pyrrole nitrogens is 1. The average molecular weight is 277 g/mol. The van der Waals surface area contributed by atoms with E-state index in [4.69, 9.17) is 0 Å². The summed E-state index contributed by atoms with van der Waals surface area (Å²) < 4.78 is 2.53. The molecule has 0 amide bonds. The van der Waals surface area contributed by atoms with Crippen molar-refractivity contribution in [2.45, 2.75) is 18.8 Å². The van der Waals surface area contributed by atoms with Crippen LogP contribution in [0.25, 0.3) is 11.2 Å². The van der Waals surface area contributed by atoms with Gasteiger partial charge in [-0.3, -0.25) is 13.9 Å². The maximum absolute atomic E-state index is 12.1. The van der Waals surface area contributed by atoms with Crippen LogP contribution in [-0.2, 0) is 14.1 Å². The van der Waals surface area contributed by atoms with Crippen LogP contribution < -0.4 is 11.2 Å². The lowest BCUT2D eigenvalue weighted by Gasteiger charge is -2.27. The molecular formula is C13H19N5O2. The predicted octanol–water partition coefficient (Wildman–Crippen LogP) is -0.230. The number of nitrogens with one attached hydrogen (secondary N) is 1. The number of imidazole rings is 1. The minimum absolute atomic E-state index is 0.310. The molecule has 0 saturated carbocycles. The second kappa shape index (κ2) is 4.59. The number of aromatic nitrogens is 4. The minimum atomic E-state index is -0.344. The number of likely N-dealkylation sites (tertiary alicyclic amines) is 1. The third-order valence-corrected chi connectivity index (χ3v) is 4.22. The van der Waals surface area contributed by atoms with Crippen molar-refractivity contribution in [3.8, 4) is 0 Å². The molecule has 2 aromatic rings. The van der Waals surface area contributed by atoms with E-state index in [1.54, 1.807) is 7.05 Å². The maximum Gasteiger partial charge on any atom is 0.332 e. The van der Waals surface area contributed by atoms with Crippen molar-refractivity contribution >= 4 is 11.2 Å². The van der Waals surface area contributed by atoms with Gasteiger partial charge in [0.15, 0.2) is 5.65 Å². The van der Waals surface area contributed by atoms with Gasteiger partial charge in [0, 0.05) is 20.0 Å². The van der Waals surface area contributed by atoms with E-state index in [9.17, 15) is 9.59 Å². The highest BCUT2D eigenvalue weighted by Crippen LogP contribution is 2.25. The van der Waals surface area contributed by atoms with Crippen LogP contribution >= 0.6 is 0 Å². The van der Waals surface area contributed by atoms with Gasteiger partial charge in [-0.2, -0.15) is 0 Å². The largest absolute Gasteiger partial charge is 0.336 e. The summed E-state index contributed by atoms with van der Waals surface area (Å²) in [5.74, 6) is 1.16. The summed E-state index contributed by atoms with van der Waals surface area (Å²) in [4.78, 5) is 33.9. The Kier molecular flexibility index (Phi) is 3.01. The van der Waals surface area contributed by atoms with E-state index < -0.39 is 0 Å². The molecule has 7 nitrogen and oxygen atoms in total. The second-order valence-corrected chi connectivity index (χ2v) is 5.60. The fraction of sp³-hybridized carbons (Fsp3) is 0.615. The Hall–Kier alpha value is -1.89. The molecule has 0 spiro atoms. The number of nitrogens with zero attached hydrogens (tertiary/aromatic N) is 4. The summed E-state index contributed by atoms with van der Waals surface area (Å²) in [6.45, 7) is 2.05. The molecule has 0 radical (unpaired) electrons. The highest BCUT2D eigenvalue weighted by Gasteiger charge is 2.23. The monoisotopic (exact) mass is 277 g/mol. The Bertz CT molecular complexity index is 761. The molecule has 3 heterocycles. The van der Waals surface area contributed by atoms with E-state index in [0.29, 0.717) is 17.1 Å². The first kappa shape index (κ1) is 13.1. The normalized spacial score (nSPS) is 17.9. The first-order chi connectivity index (χ1) is 9.49. The number of piperidine rings is 1. The van der Waals surface area contributed by atoms with Crippen molar-refractivity contribution in [2.24, 2.45) is 14.1 Å². The van der Waals surface area contributed by atoms with Crippen LogP contribution in [0, 0.1) is 0 Å². The van der Waals surface area contributed by atoms with Gasteiger partial charge in [-0.15, -0.1) is 0 Å². The fourth-order valence-corrected chi connectivity index (χ4v) is 2.82. The molecule has 1 aliphatic rings. The number of fused-ring (bicyclic) bond motifs is 1. The van der Waals surface area contributed by atoms with Crippen molar-refractivity contribution in [3.05, 3.63) is 26.7 Å². The smallest absolute Gasteiger partial charge is 0.332 e. The Morgan fingerprint density at radius 3 is 2.40 bits per heavy atom. The minimum Gasteiger partial charge on any atom is -0.336 e. The fourth-order valence-electron chi connectivity index (χ4n) is 2.82. The van der Waals surface area contributed by atoms with E-state index in [0.717, 1.165) is 36.3 Å². The van der Waals surface area contributed by atoms with Gasteiger partial charge >= 0.3 is 5.69 Å². The van der Waals surface area contributed by atoms with Gasteiger partial charge in [-0.1, -0.05) is 0 Å². The summed E-state index contributed by atoms with van der Waals surface area (Å²) in [5, 5.41) is 0. The summed E-state index contributed by atoms with van der Waals surface area (Å²) in [6, 6.07) is 0. The van der Waals surface area contributed by atoms with Crippen molar-refractivity contribution in [1.29, 1.82) is 0 Å². The highest BCUT2D eigenvalue weighted by atomic mass is 16.2. The zero-order valence-corrected chi connectivity index (χ0v) is 12.0. The zero-order chi connectivity index (χ0) is 14.4. The number of rotatable bonds is 1. The van der Waals surface area contributed by atoms with E-state index in [2.05, 4.69) is 21.9 Å². The molecule has 3 rings (SSSR count). The SMILES string of the molecule is CN1CCC(c2nc3c([nH]2)c(=O)n(C)c(=O)n3C)CC1. The lowest BCUT2D eigenvalue weighted by atomic mass is 9.97. The van der Waals surface area contributed by atoms with Gasteiger partial charge < -0.3 is 9.88 Å². The number of aromatic amines is 1. The van der Waals surface area contributed by atoms with Crippen LogP contribution in [0.5, 0.6) is 0 Å². The second-order valence-electron chi connectivity index (χ2n) is 5.60. The quantitative estimate of drug-likeness (QED) is 0.781. The first-order valence-electron chi connectivity index (χ1n) is 6.83. The summed E-state index contributed by atoms with van der Waals surface area (Å²) in [6.07, 6.45) is 2.04.